The topological polar surface area (TPSA) is 86.8 Å². The summed E-state index contributed by atoms with van der Waals surface area (Å²) in [6.07, 6.45) is 1.12. The van der Waals surface area contributed by atoms with Gasteiger partial charge in [0, 0.05) is 29.9 Å². The highest BCUT2D eigenvalue weighted by Gasteiger charge is 2.32. The van der Waals surface area contributed by atoms with Gasteiger partial charge in [-0.2, -0.15) is 0 Å². The molecule has 0 unspecified atom stereocenters. The molecule has 7 nitrogen and oxygen atoms in total. The molecule has 0 bridgehead atoms. The lowest BCUT2D eigenvalue weighted by molar-refractivity contribution is -0.128. The number of hydrogen-bond acceptors (Lipinski definition) is 5. The van der Waals surface area contributed by atoms with Gasteiger partial charge in [0.15, 0.2) is 0 Å². The molecule has 0 aromatic heterocycles. The number of hydrogen-bond donors (Lipinski definition) is 1. The van der Waals surface area contributed by atoms with E-state index in [1.54, 1.807) is 48.2 Å². The average molecular weight is 530 g/mol. The summed E-state index contributed by atoms with van der Waals surface area (Å²) in [5, 5.41) is 3.31. The fourth-order valence-electron chi connectivity index (χ4n) is 3.66. The van der Waals surface area contributed by atoms with Crippen LogP contribution in [0, 0.1) is 0 Å². The Morgan fingerprint density at radius 2 is 1.80 bits per heavy atom. The fraction of sp³-hybridized carbons (Fsp3) is 0.200. The van der Waals surface area contributed by atoms with Crippen LogP contribution < -0.4 is 9.62 Å². The molecule has 1 heterocycles. The van der Waals surface area contributed by atoms with Crippen molar-refractivity contribution in [3.05, 3.63) is 94.5 Å². The Morgan fingerprint density at radius 3 is 2.46 bits per heavy atom. The summed E-state index contributed by atoms with van der Waals surface area (Å²) in [5.74, 6) is 0.151. The maximum Gasteiger partial charge on any atom is 0.255 e. The van der Waals surface area contributed by atoms with E-state index in [0.717, 1.165) is 21.7 Å². The number of thioether (sulfide) groups is 1. The molecule has 1 N–H and O–H groups in total. The third-order valence-electron chi connectivity index (χ3n) is 5.66. The van der Waals surface area contributed by atoms with Crippen LogP contribution in [0.4, 0.5) is 11.4 Å². The van der Waals surface area contributed by atoms with Gasteiger partial charge in [-0.3, -0.25) is 13.9 Å². The smallest absolute Gasteiger partial charge is 0.255 e. The zero-order valence-corrected chi connectivity index (χ0v) is 21.5. The Morgan fingerprint density at radius 1 is 1.11 bits per heavy atom. The maximum absolute atomic E-state index is 12.8. The predicted molar refractivity (Wildman–Crippen MR) is 141 cm³/mol. The molecule has 1 fully saturated rings. The lowest BCUT2D eigenvalue weighted by atomic mass is 10.1. The van der Waals surface area contributed by atoms with Gasteiger partial charge < -0.3 is 10.2 Å². The van der Waals surface area contributed by atoms with Crippen LogP contribution in [0.3, 0.4) is 0 Å². The van der Waals surface area contributed by atoms with Crippen molar-refractivity contribution in [3.8, 4) is 0 Å². The number of nitrogens with zero attached hydrogens (tertiary/aromatic N) is 2. The van der Waals surface area contributed by atoms with E-state index in [1.807, 2.05) is 41.3 Å². The van der Waals surface area contributed by atoms with Gasteiger partial charge in [0.2, 0.25) is 15.9 Å². The highest BCUT2D eigenvalue weighted by atomic mass is 35.5. The van der Waals surface area contributed by atoms with E-state index in [0.29, 0.717) is 34.3 Å². The van der Waals surface area contributed by atoms with E-state index in [1.165, 1.54) is 7.05 Å². The summed E-state index contributed by atoms with van der Waals surface area (Å²) in [5.41, 5.74) is 3.31. The number of rotatable bonds is 7. The number of anilines is 2. The fourth-order valence-corrected chi connectivity index (χ4v) is 5.47. The molecule has 4 rings (SSSR count). The van der Waals surface area contributed by atoms with Gasteiger partial charge in [-0.1, -0.05) is 41.9 Å². The minimum atomic E-state index is -3.41. The third-order valence-corrected chi connectivity index (χ3v) is 8.37. The second-order valence-electron chi connectivity index (χ2n) is 8.17. The summed E-state index contributed by atoms with van der Waals surface area (Å²) in [7, 11) is -1.96. The lowest BCUT2D eigenvalue weighted by Crippen LogP contribution is -2.27. The van der Waals surface area contributed by atoms with Crippen molar-refractivity contribution < 1.29 is 18.0 Å². The summed E-state index contributed by atoms with van der Waals surface area (Å²) in [6, 6.07) is 21.2. The molecule has 0 saturated carbocycles. The maximum atomic E-state index is 12.8. The van der Waals surface area contributed by atoms with Gasteiger partial charge in [0.05, 0.1) is 17.7 Å². The largest absolute Gasteiger partial charge is 0.322 e. The number of carbonyl (C=O) groups excluding carboxylic acids is 2. The highest BCUT2D eigenvalue weighted by Crippen LogP contribution is 2.39. The van der Waals surface area contributed by atoms with Crippen LogP contribution in [0.5, 0.6) is 0 Å². The summed E-state index contributed by atoms with van der Waals surface area (Å²) in [6.45, 7) is 0.480. The van der Waals surface area contributed by atoms with E-state index in [2.05, 4.69) is 5.32 Å². The van der Waals surface area contributed by atoms with Gasteiger partial charge in [0.1, 0.15) is 5.37 Å². The molecular formula is C25H24ClN3O4S2. The van der Waals surface area contributed by atoms with Crippen molar-refractivity contribution in [2.45, 2.75) is 11.9 Å². The van der Waals surface area contributed by atoms with Crippen LogP contribution in [0.1, 0.15) is 26.9 Å². The van der Waals surface area contributed by atoms with Gasteiger partial charge in [0.25, 0.3) is 5.91 Å². The summed E-state index contributed by atoms with van der Waals surface area (Å²) >= 11 is 7.52. The monoisotopic (exact) mass is 529 g/mol. The zero-order chi connectivity index (χ0) is 25.2. The first kappa shape index (κ1) is 25.1. The number of sulfonamides is 1. The molecule has 1 saturated heterocycles. The predicted octanol–water partition coefficient (Wildman–Crippen LogP) is 4.76. The molecule has 0 radical (unpaired) electrons. The van der Waals surface area contributed by atoms with Crippen molar-refractivity contribution in [1.29, 1.82) is 0 Å². The van der Waals surface area contributed by atoms with Crippen molar-refractivity contribution in [2.75, 3.05) is 28.7 Å². The molecule has 3 aromatic rings. The molecular weight excluding hydrogens is 506 g/mol. The third kappa shape index (κ3) is 5.98. The highest BCUT2D eigenvalue weighted by molar-refractivity contribution is 8.00. The van der Waals surface area contributed by atoms with Crippen molar-refractivity contribution in [3.63, 3.8) is 0 Å². The molecule has 0 aliphatic carbocycles. The average Bonchev–Trinajstić information content (AvgIpc) is 3.19. The number of amides is 2. The molecule has 3 aromatic carbocycles. The molecule has 1 atom stereocenters. The standard InChI is InChI=1S/C25H24ClN3O4S2/c1-28(35(2,32)33)22-5-3-4-21(14-22)27-24(31)18-8-10-19(11-9-18)25-29(23(30)16-34-25)15-17-6-12-20(26)13-7-17/h3-14,25H,15-16H2,1-2H3,(H,27,31)/t25-/m0/s1. The molecule has 1 aliphatic heterocycles. The van der Waals surface area contributed by atoms with E-state index in [-0.39, 0.29) is 17.2 Å². The van der Waals surface area contributed by atoms with Gasteiger partial charge >= 0.3 is 0 Å². The number of benzene rings is 3. The normalized spacial score (nSPS) is 15.8. The Kier molecular flexibility index (Phi) is 7.39. The molecule has 2 amide bonds. The van der Waals surface area contributed by atoms with Crippen LogP contribution >= 0.6 is 23.4 Å². The molecule has 35 heavy (non-hydrogen) atoms. The van der Waals surface area contributed by atoms with E-state index in [4.69, 9.17) is 11.6 Å². The Hall–Kier alpha value is -3.01. The molecule has 0 spiro atoms. The van der Waals surface area contributed by atoms with Crippen molar-refractivity contribution in [1.82, 2.24) is 4.90 Å². The Bertz CT molecular complexity index is 1350. The summed E-state index contributed by atoms with van der Waals surface area (Å²) in [4.78, 5) is 27.1. The Labute approximate surface area is 214 Å². The SMILES string of the molecule is CN(c1cccc(NC(=O)c2ccc([C@@H]3SCC(=O)N3Cc3ccc(Cl)cc3)cc2)c1)S(C)(=O)=O. The second kappa shape index (κ2) is 10.3. The zero-order valence-electron chi connectivity index (χ0n) is 19.1. The van der Waals surface area contributed by atoms with Crippen LogP contribution in [0.2, 0.25) is 5.02 Å². The minimum absolute atomic E-state index is 0.0655. The van der Waals surface area contributed by atoms with E-state index in [9.17, 15) is 18.0 Å². The minimum Gasteiger partial charge on any atom is -0.322 e. The first-order chi connectivity index (χ1) is 16.6. The molecule has 1 aliphatic rings. The number of halogens is 1. The van der Waals surface area contributed by atoms with Gasteiger partial charge in [-0.15, -0.1) is 11.8 Å². The first-order valence-electron chi connectivity index (χ1n) is 10.7. The van der Waals surface area contributed by atoms with Crippen LogP contribution in [0.15, 0.2) is 72.8 Å². The van der Waals surface area contributed by atoms with Gasteiger partial charge in [-0.25, -0.2) is 8.42 Å². The second-order valence-corrected chi connectivity index (χ2v) is 11.7. The molecule has 10 heteroatoms. The van der Waals surface area contributed by atoms with Crippen molar-refractivity contribution in [2.24, 2.45) is 0 Å². The quantitative estimate of drug-likeness (QED) is 0.477. The van der Waals surface area contributed by atoms with E-state index >= 15 is 0 Å². The summed E-state index contributed by atoms with van der Waals surface area (Å²) < 4.78 is 24.7. The number of carbonyl (C=O) groups is 2. The van der Waals surface area contributed by atoms with E-state index < -0.39 is 10.0 Å². The lowest BCUT2D eigenvalue weighted by Gasteiger charge is -2.24. The van der Waals surface area contributed by atoms with Gasteiger partial charge in [-0.05, 0) is 53.6 Å². The van der Waals surface area contributed by atoms with Crippen LogP contribution in [0.25, 0.3) is 0 Å². The van der Waals surface area contributed by atoms with Crippen LogP contribution in [-0.4, -0.2) is 44.2 Å². The first-order valence-corrected chi connectivity index (χ1v) is 14.0. The van der Waals surface area contributed by atoms with Crippen molar-refractivity contribution >= 4 is 56.6 Å². The molecule has 182 valence electrons. The van der Waals surface area contributed by atoms with Crippen LogP contribution in [-0.2, 0) is 21.4 Å². The Balaban J connectivity index is 1.46. The number of nitrogens with one attached hydrogen (secondary N) is 1.